The van der Waals surface area contributed by atoms with Gasteiger partial charge in [-0.15, -0.1) is 11.8 Å². The van der Waals surface area contributed by atoms with Gasteiger partial charge in [-0.05, 0) is 36.8 Å². The summed E-state index contributed by atoms with van der Waals surface area (Å²) in [6.07, 6.45) is 3.32. The van der Waals surface area contributed by atoms with E-state index in [1.807, 2.05) is 11.8 Å². The highest BCUT2D eigenvalue weighted by Gasteiger charge is 2.15. The Labute approximate surface area is 83.9 Å². The number of thioether (sulfide) groups is 1. The van der Waals surface area contributed by atoms with Gasteiger partial charge in [0, 0.05) is 17.5 Å². The third-order valence-electron chi connectivity index (χ3n) is 2.60. The van der Waals surface area contributed by atoms with Gasteiger partial charge in [-0.1, -0.05) is 12.1 Å². The third kappa shape index (κ3) is 1.74. The van der Waals surface area contributed by atoms with Gasteiger partial charge in [-0.3, -0.25) is 0 Å². The molecule has 0 aromatic heterocycles. The fourth-order valence-electron chi connectivity index (χ4n) is 1.87. The molecular formula is C11H15NS. The topological polar surface area (TPSA) is 12.0 Å². The Morgan fingerprint density at radius 1 is 1.46 bits per heavy atom. The van der Waals surface area contributed by atoms with Gasteiger partial charge >= 0.3 is 0 Å². The molecule has 0 fully saturated rings. The molecular weight excluding hydrogens is 178 g/mol. The van der Waals surface area contributed by atoms with E-state index < -0.39 is 0 Å². The quantitative estimate of drug-likeness (QED) is 0.688. The number of nitrogens with one attached hydrogen (secondary N) is 1. The summed E-state index contributed by atoms with van der Waals surface area (Å²) < 4.78 is 0. The molecule has 1 nitrogen and oxygen atoms in total. The van der Waals surface area contributed by atoms with Gasteiger partial charge in [0.1, 0.15) is 0 Å². The van der Waals surface area contributed by atoms with Crippen LogP contribution in [-0.2, 0) is 13.0 Å². The zero-order valence-corrected chi connectivity index (χ0v) is 8.95. The first-order chi connectivity index (χ1) is 6.31. The molecule has 0 unspecified atom stereocenters. The van der Waals surface area contributed by atoms with E-state index in [9.17, 15) is 0 Å². The Hall–Kier alpha value is -0.470. The fraction of sp³-hybridized carbons (Fsp3) is 0.455. The predicted octanol–water partition coefficient (Wildman–Crippen LogP) is 2.44. The molecule has 1 aliphatic rings. The van der Waals surface area contributed by atoms with Crippen molar-refractivity contribution in [3.05, 3.63) is 29.3 Å². The molecule has 1 aliphatic heterocycles. The van der Waals surface area contributed by atoms with Gasteiger partial charge < -0.3 is 5.32 Å². The molecule has 13 heavy (non-hydrogen) atoms. The summed E-state index contributed by atoms with van der Waals surface area (Å²) in [5.41, 5.74) is 3.03. The van der Waals surface area contributed by atoms with Crippen LogP contribution in [0, 0.1) is 0 Å². The minimum absolute atomic E-state index is 0.629. The maximum Gasteiger partial charge on any atom is 0.0221 e. The van der Waals surface area contributed by atoms with E-state index >= 15 is 0 Å². The van der Waals surface area contributed by atoms with Crippen LogP contribution in [-0.4, -0.2) is 12.3 Å². The molecule has 0 spiro atoms. The summed E-state index contributed by atoms with van der Waals surface area (Å²) in [7, 11) is 0. The zero-order valence-electron chi connectivity index (χ0n) is 8.13. The molecule has 1 atom stereocenters. The van der Waals surface area contributed by atoms with Crippen LogP contribution < -0.4 is 5.32 Å². The molecule has 0 saturated carbocycles. The first kappa shape index (κ1) is 9.10. The van der Waals surface area contributed by atoms with Crippen LogP contribution in [0.15, 0.2) is 23.1 Å². The molecule has 0 saturated heterocycles. The lowest BCUT2D eigenvalue weighted by molar-refractivity contribution is 0.508. The van der Waals surface area contributed by atoms with Crippen molar-refractivity contribution < 1.29 is 0 Å². The average Bonchev–Trinajstić information content (AvgIpc) is 2.16. The van der Waals surface area contributed by atoms with Crippen molar-refractivity contribution in [2.75, 3.05) is 6.26 Å². The minimum Gasteiger partial charge on any atom is -0.310 e. The lowest BCUT2D eigenvalue weighted by atomic mass is 9.97. The third-order valence-corrected chi connectivity index (χ3v) is 3.43. The van der Waals surface area contributed by atoms with E-state index in [4.69, 9.17) is 0 Å². The molecule has 0 aliphatic carbocycles. The maximum absolute atomic E-state index is 3.50. The number of fused-ring (bicyclic) bond motifs is 1. The lowest BCUT2D eigenvalue weighted by Gasteiger charge is -2.24. The Morgan fingerprint density at radius 3 is 3.08 bits per heavy atom. The van der Waals surface area contributed by atoms with Crippen molar-refractivity contribution in [3.8, 4) is 0 Å². The molecule has 1 aromatic carbocycles. The van der Waals surface area contributed by atoms with Crippen molar-refractivity contribution in [1.82, 2.24) is 5.32 Å². The van der Waals surface area contributed by atoms with E-state index in [1.54, 1.807) is 0 Å². The van der Waals surface area contributed by atoms with Crippen molar-refractivity contribution in [2.24, 2.45) is 0 Å². The summed E-state index contributed by atoms with van der Waals surface area (Å²) in [6, 6.07) is 7.26. The van der Waals surface area contributed by atoms with Crippen LogP contribution >= 0.6 is 11.8 Å². The molecule has 1 N–H and O–H groups in total. The number of rotatable bonds is 1. The van der Waals surface area contributed by atoms with Crippen LogP contribution in [0.2, 0.25) is 0 Å². The largest absolute Gasteiger partial charge is 0.310 e. The molecule has 0 amide bonds. The second-order valence-electron chi connectivity index (χ2n) is 3.58. The molecule has 0 bridgehead atoms. The Bertz CT molecular complexity index is 309. The monoisotopic (exact) mass is 193 g/mol. The molecule has 1 aromatic rings. The number of hydrogen-bond acceptors (Lipinski definition) is 2. The molecule has 2 rings (SSSR count). The Morgan fingerprint density at radius 2 is 2.31 bits per heavy atom. The van der Waals surface area contributed by atoms with Gasteiger partial charge in [0.2, 0.25) is 0 Å². The molecule has 70 valence electrons. The van der Waals surface area contributed by atoms with Gasteiger partial charge in [0.15, 0.2) is 0 Å². The van der Waals surface area contributed by atoms with E-state index in [0.717, 1.165) is 6.54 Å². The summed E-state index contributed by atoms with van der Waals surface area (Å²) in [6.45, 7) is 3.28. The Balaban J connectivity index is 2.39. The van der Waals surface area contributed by atoms with Crippen LogP contribution in [0.3, 0.4) is 0 Å². The van der Waals surface area contributed by atoms with E-state index in [1.165, 1.54) is 22.4 Å². The van der Waals surface area contributed by atoms with Crippen molar-refractivity contribution >= 4 is 11.8 Å². The van der Waals surface area contributed by atoms with Crippen LogP contribution in [0.4, 0.5) is 0 Å². The normalized spacial score (nSPS) is 21.2. The van der Waals surface area contributed by atoms with Gasteiger partial charge in [-0.25, -0.2) is 0 Å². The van der Waals surface area contributed by atoms with Crippen molar-refractivity contribution in [3.63, 3.8) is 0 Å². The first-order valence-corrected chi connectivity index (χ1v) is 5.92. The second-order valence-corrected chi connectivity index (χ2v) is 4.43. The standard InChI is InChI=1S/C11H15NS/c1-8-6-9-4-3-5-11(13-2)10(9)7-12-8/h3-5,8,12H,6-7H2,1-2H3/t8-/m1/s1. The zero-order chi connectivity index (χ0) is 9.26. The van der Waals surface area contributed by atoms with Crippen molar-refractivity contribution in [1.29, 1.82) is 0 Å². The highest BCUT2D eigenvalue weighted by molar-refractivity contribution is 7.98. The summed E-state index contributed by atoms with van der Waals surface area (Å²) >= 11 is 1.84. The highest BCUT2D eigenvalue weighted by Crippen LogP contribution is 2.26. The average molecular weight is 193 g/mol. The minimum atomic E-state index is 0.629. The van der Waals surface area contributed by atoms with Crippen LogP contribution in [0.1, 0.15) is 18.1 Å². The Kier molecular flexibility index (Phi) is 2.61. The van der Waals surface area contributed by atoms with E-state index in [-0.39, 0.29) is 0 Å². The highest BCUT2D eigenvalue weighted by atomic mass is 32.2. The fourth-order valence-corrected chi connectivity index (χ4v) is 2.54. The molecule has 1 heterocycles. The predicted molar refractivity (Wildman–Crippen MR) is 58.2 cm³/mol. The number of benzene rings is 1. The number of hydrogen-bond donors (Lipinski definition) is 1. The smallest absolute Gasteiger partial charge is 0.0221 e. The van der Waals surface area contributed by atoms with Gasteiger partial charge in [0.25, 0.3) is 0 Å². The lowest BCUT2D eigenvalue weighted by Crippen LogP contribution is -2.33. The van der Waals surface area contributed by atoms with Crippen LogP contribution in [0.5, 0.6) is 0 Å². The molecule has 0 radical (unpaired) electrons. The summed E-state index contributed by atoms with van der Waals surface area (Å²) in [4.78, 5) is 1.43. The summed E-state index contributed by atoms with van der Waals surface area (Å²) in [5.74, 6) is 0. The first-order valence-electron chi connectivity index (χ1n) is 4.69. The van der Waals surface area contributed by atoms with Crippen molar-refractivity contribution in [2.45, 2.75) is 30.8 Å². The maximum atomic E-state index is 3.50. The molecule has 2 heteroatoms. The van der Waals surface area contributed by atoms with E-state index in [2.05, 4.69) is 36.7 Å². The SMILES string of the molecule is CSc1cccc2c1CN[C@H](C)C2. The second kappa shape index (κ2) is 3.72. The van der Waals surface area contributed by atoms with Gasteiger partial charge in [0.05, 0.1) is 0 Å². The summed E-state index contributed by atoms with van der Waals surface area (Å²) in [5, 5.41) is 3.50. The van der Waals surface area contributed by atoms with Gasteiger partial charge in [-0.2, -0.15) is 0 Å². The van der Waals surface area contributed by atoms with E-state index in [0.29, 0.717) is 6.04 Å². The van der Waals surface area contributed by atoms with Crippen LogP contribution in [0.25, 0.3) is 0 Å².